The van der Waals surface area contributed by atoms with E-state index in [4.69, 9.17) is 4.74 Å². The number of amides is 1. The van der Waals surface area contributed by atoms with Gasteiger partial charge in [0.2, 0.25) is 0 Å². The normalized spacial score (nSPS) is 10.9. The van der Waals surface area contributed by atoms with E-state index >= 15 is 0 Å². The predicted octanol–water partition coefficient (Wildman–Crippen LogP) is 5.24. The van der Waals surface area contributed by atoms with Crippen LogP contribution in [0, 0.1) is 17.0 Å². The average Bonchev–Trinajstić information content (AvgIpc) is 3.25. The van der Waals surface area contributed by atoms with Crippen molar-refractivity contribution < 1.29 is 14.5 Å². The molecule has 0 aliphatic heterocycles. The first kappa shape index (κ1) is 22.9. The van der Waals surface area contributed by atoms with Crippen molar-refractivity contribution in [1.82, 2.24) is 15.0 Å². The summed E-state index contributed by atoms with van der Waals surface area (Å²) in [6.07, 6.45) is 3.35. The smallest absolute Gasteiger partial charge is 0.311 e. The van der Waals surface area contributed by atoms with E-state index in [-0.39, 0.29) is 17.0 Å². The van der Waals surface area contributed by atoms with Crippen LogP contribution in [0.5, 0.6) is 5.75 Å². The van der Waals surface area contributed by atoms with Gasteiger partial charge in [-0.15, -0.1) is 10.2 Å². The highest BCUT2D eigenvalue weighted by Crippen LogP contribution is 2.28. The van der Waals surface area contributed by atoms with Crippen molar-refractivity contribution in [2.45, 2.75) is 33.1 Å². The number of aryl methyl sites for hydroxylation is 2. The molecule has 0 aliphatic rings. The van der Waals surface area contributed by atoms with Gasteiger partial charge in [-0.2, -0.15) is 4.80 Å². The summed E-state index contributed by atoms with van der Waals surface area (Å²) in [5, 5.41) is 23.2. The van der Waals surface area contributed by atoms with Gasteiger partial charge in [0, 0.05) is 17.3 Å². The molecule has 0 bridgehead atoms. The molecule has 1 N–H and O–H groups in total. The van der Waals surface area contributed by atoms with Crippen molar-refractivity contribution in [3.05, 3.63) is 81.4 Å². The van der Waals surface area contributed by atoms with Crippen molar-refractivity contribution in [1.29, 1.82) is 0 Å². The molecule has 9 nitrogen and oxygen atoms in total. The molecule has 9 heteroatoms. The van der Waals surface area contributed by atoms with Crippen LogP contribution >= 0.6 is 0 Å². The molecule has 4 aromatic rings. The maximum Gasteiger partial charge on any atom is 0.311 e. The standard InChI is InChI=1S/C25H25N5O4/c1-4-5-6-17-7-10-19(11-8-17)29-27-21-13-16(2)20(15-22(21)28-29)26-25(31)18-9-12-24(34-3)23(14-18)30(32)33/h7-15H,4-6H2,1-3H3,(H,26,31). The maximum atomic E-state index is 12.8. The number of carbonyl (C=O) groups excluding carboxylic acids is 1. The number of carbonyl (C=O) groups is 1. The van der Waals surface area contributed by atoms with Gasteiger partial charge in [0.25, 0.3) is 5.91 Å². The highest BCUT2D eigenvalue weighted by atomic mass is 16.6. The summed E-state index contributed by atoms with van der Waals surface area (Å²) in [5.74, 6) is -0.377. The number of benzene rings is 3. The van der Waals surface area contributed by atoms with Crippen LogP contribution in [0.4, 0.5) is 11.4 Å². The summed E-state index contributed by atoms with van der Waals surface area (Å²) in [5.41, 5.74) is 4.68. The Kier molecular flexibility index (Phi) is 6.53. The summed E-state index contributed by atoms with van der Waals surface area (Å²) < 4.78 is 5.00. The first-order chi connectivity index (χ1) is 16.4. The van der Waals surface area contributed by atoms with Crippen LogP contribution in [0.2, 0.25) is 0 Å². The highest BCUT2D eigenvalue weighted by Gasteiger charge is 2.19. The van der Waals surface area contributed by atoms with Crippen molar-refractivity contribution >= 4 is 28.3 Å². The minimum absolute atomic E-state index is 0.0918. The van der Waals surface area contributed by atoms with Crippen LogP contribution in [-0.2, 0) is 6.42 Å². The second-order valence-corrected chi connectivity index (χ2v) is 8.01. The number of nitro groups is 1. The third kappa shape index (κ3) is 4.73. The second-order valence-electron chi connectivity index (χ2n) is 8.01. The first-order valence-corrected chi connectivity index (χ1v) is 11.0. The van der Waals surface area contributed by atoms with Crippen LogP contribution in [-0.4, -0.2) is 32.9 Å². The fourth-order valence-electron chi connectivity index (χ4n) is 3.66. The Morgan fingerprint density at radius 1 is 1.09 bits per heavy atom. The zero-order chi connectivity index (χ0) is 24.2. The largest absolute Gasteiger partial charge is 0.490 e. The van der Waals surface area contributed by atoms with E-state index in [2.05, 4.69) is 34.6 Å². The van der Waals surface area contributed by atoms with Gasteiger partial charge in [0.1, 0.15) is 11.0 Å². The Bertz CT molecular complexity index is 1360. The Balaban J connectivity index is 1.58. The van der Waals surface area contributed by atoms with Gasteiger partial charge in [0.05, 0.1) is 17.7 Å². The van der Waals surface area contributed by atoms with Crippen LogP contribution in [0.15, 0.2) is 54.6 Å². The van der Waals surface area contributed by atoms with Gasteiger partial charge in [-0.3, -0.25) is 14.9 Å². The lowest BCUT2D eigenvalue weighted by Crippen LogP contribution is -2.13. The number of ether oxygens (including phenoxy) is 1. The minimum atomic E-state index is -0.582. The van der Waals surface area contributed by atoms with E-state index in [0.717, 1.165) is 30.5 Å². The molecule has 0 spiro atoms. The van der Waals surface area contributed by atoms with Crippen LogP contribution in [0.25, 0.3) is 16.7 Å². The summed E-state index contributed by atoms with van der Waals surface area (Å²) in [6, 6.07) is 15.8. The van der Waals surface area contributed by atoms with E-state index in [1.54, 1.807) is 10.9 Å². The summed E-state index contributed by atoms with van der Waals surface area (Å²) in [7, 11) is 1.34. The lowest BCUT2D eigenvalue weighted by Gasteiger charge is -2.09. The van der Waals surface area contributed by atoms with E-state index in [1.165, 1.54) is 30.9 Å². The van der Waals surface area contributed by atoms with E-state index in [1.807, 2.05) is 25.1 Å². The third-order valence-electron chi connectivity index (χ3n) is 5.60. The molecule has 1 heterocycles. The second kappa shape index (κ2) is 9.70. The quantitative estimate of drug-likeness (QED) is 0.285. The van der Waals surface area contributed by atoms with Crippen molar-refractivity contribution in [2.75, 3.05) is 12.4 Å². The molecular weight excluding hydrogens is 434 g/mol. The molecule has 0 aliphatic carbocycles. The molecule has 0 fully saturated rings. The van der Waals surface area contributed by atoms with Crippen LogP contribution in [0.1, 0.15) is 41.3 Å². The van der Waals surface area contributed by atoms with Gasteiger partial charge in [-0.05, 0) is 67.3 Å². The number of fused-ring (bicyclic) bond motifs is 1. The molecule has 0 atom stereocenters. The minimum Gasteiger partial charge on any atom is -0.490 e. The molecule has 174 valence electrons. The van der Waals surface area contributed by atoms with Gasteiger partial charge in [-0.25, -0.2) is 0 Å². The number of hydrogen-bond acceptors (Lipinski definition) is 6. The highest BCUT2D eigenvalue weighted by molar-refractivity contribution is 6.06. The van der Waals surface area contributed by atoms with Crippen LogP contribution < -0.4 is 10.1 Å². The number of nitrogens with one attached hydrogen (secondary N) is 1. The molecule has 0 radical (unpaired) electrons. The molecule has 34 heavy (non-hydrogen) atoms. The molecule has 0 unspecified atom stereocenters. The number of rotatable bonds is 8. The fourth-order valence-corrected chi connectivity index (χ4v) is 3.66. The third-order valence-corrected chi connectivity index (χ3v) is 5.60. The predicted molar refractivity (Wildman–Crippen MR) is 130 cm³/mol. The number of unbranched alkanes of at least 4 members (excludes halogenated alkanes) is 1. The zero-order valence-corrected chi connectivity index (χ0v) is 19.2. The topological polar surface area (TPSA) is 112 Å². The maximum absolute atomic E-state index is 12.8. The summed E-state index contributed by atoms with van der Waals surface area (Å²) >= 11 is 0. The number of anilines is 1. The number of nitro benzene ring substituents is 1. The van der Waals surface area contributed by atoms with E-state index in [9.17, 15) is 14.9 Å². The fraction of sp³-hybridized carbons (Fsp3) is 0.240. The van der Waals surface area contributed by atoms with Gasteiger partial charge in [0.15, 0.2) is 5.75 Å². The first-order valence-electron chi connectivity index (χ1n) is 11.0. The molecular formula is C25H25N5O4. The van der Waals surface area contributed by atoms with Crippen molar-refractivity contribution in [3.8, 4) is 11.4 Å². The van der Waals surface area contributed by atoms with Gasteiger partial charge < -0.3 is 10.1 Å². The zero-order valence-electron chi connectivity index (χ0n) is 19.2. The van der Waals surface area contributed by atoms with E-state index < -0.39 is 10.8 Å². The molecule has 4 rings (SSSR count). The molecule has 3 aromatic carbocycles. The molecule has 0 saturated heterocycles. The van der Waals surface area contributed by atoms with Gasteiger partial charge in [-0.1, -0.05) is 25.5 Å². The van der Waals surface area contributed by atoms with Crippen molar-refractivity contribution in [2.24, 2.45) is 0 Å². The summed E-state index contributed by atoms with van der Waals surface area (Å²) in [6.45, 7) is 4.03. The molecule has 1 amide bonds. The average molecular weight is 460 g/mol. The Labute approximate surface area is 196 Å². The lowest BCUT2D eigenvalue weighted by molar-refractivity contribution is -0.385. The van der Waals surface area contributed by atoms with Crippen LogP contribution in [0.3, 0.4) is 0 Å². The number of nitrogens with zero attached hydrogens (tertiary/aromatic N) is 4. The number of hydrogen-bond donors (Lipinski definition) is 1. The van der Waals surface area contributed by atoms with Crippen molar-refractivity contribution in [3.63, 3.8) is 0 Å². The van der Waals surface area contributed by atoms with Gasteiger partial charge >= 0.3 is 5.69 Å². The summed E-state index contributed by atoms with van der Waals surface area (Å²) in [4.78, 5) is 25.1. The SMILES string of the molecule is CCCCc1ccc(-n2nc3cc(C)c(NC(=O)c4ccc(OC)c([N+](=O)[O-])c4)cc3n2)cc1. The Morgan fingerprint density at radius 3 is 2.44 bits per heavy atom. The lowest BCUT2D eigenvalue weighted by atomic mass is 10.1. The number of methoxy groups -OCH3 is 1. The molecule has 1 aromatic heterocycles. The Hall–Kier alpha value is -4.27. The monoisotopic (exact) mass is 459 g/mol. The Morgan fingerprint density at radius 2 is 1.79 bits per heavy atom. The number of aromatic nitrogens is 3. The van der Waals surface area contributed by atoms with E-state index in [0.29, 0.717) is 16.7 Å². The molecule has 0 saturated carbocycles.